The van der Waals surface area contributed by atoms with Gasteiger partial charge in [-0.25, -0.2) is 9.67 Å². The maximum atomic E-state index is 12.0. The Morgan fingerprint density at radius 3 is 2.84 bits per heavy atom. The number of nitrogens with zero attached hydrogens (tertiary/aromatic N) is 5. The lowest BCUT2D eigenvalue weighted by Gasteiger charge is -2.03. The summed E-state index contributed by atoms with van der Waals surface area (Å²) in [6.45, 7) is 4.53. The molecule has 0 aliphatic carbocycles. The first kappa shape index (κ1) is 17.6. The number of rotatable bonds is 6. The number of nitrogens with one attached hydrogen (secondary N) is 1. The zero-order valence-corrected chi connectivity index (χ0v) is 15.8. The van der Waals surface area contributed by atoms with Crippen molar-refractivity contribution in [3.8, 4) is 10.6 Å². The number of carbonyl (C=O) groups is 1. The lowest BCUT2D eigenvalue weighted by Crippen LogP contribution is -2.24. The second-order valence-electron chi connectivity index (χ2n) is 5.49. The molecule has 0 bridgehead atoms. The summed E-state index contributed by atoms with van der Waals surface area (Å²) in [6.07, 6.45) is 0. The summed E-state index contributed by atoms with van der Waals surface area (Å²) >= 11 is 2.93. The Bertz CT molecular complexity index is 888. The number of hydrogen-bond donors (Lipinski definition) is 1. The largest absolute Gasteiger partial charge is 0.350 e. The van der Waals surface area contributed by atoms with E-state index < -0.39 is 0 Å². The fourth-order valence-corrected chi connectivity index (χ4v) is 4.00. The highest BCUT2D eigenvalue weighted by molar-refractivity contribution is 7.99. The van der Waals surface area contributed by atoms with Crippen LogP contribution in [0.25, 0.3) is 10.6 Å². The molecule has 0 fully saturated rings. The predicted octanol–water partition coefficient (Wildman–Crippen LogP) is 2.36. The van der Waals surface area contributed by atoms with Gasteiger partial charge in [-0.2, -0.15) is 0 Å². The number of aromatic nitrogens is 5. The highest BCUT2D eigenvalue weighted by atomic mass is 32.2. The van der Waals surface area contributed by atoms with E-state index >= 15 is 0 Å². The van der Waals surface area contributed by atoms with Crippen LogP contribution < -0.4 is 5.32 Å². The van der Waals surface area contributed by atoms with Crippen molar-refractivity contribution in [2.45, 2.75) is 25.5 Å². The molecule has 25 heavy (non-hydrogen) atoms. The van der Waals surface area contributed by atoms with Crippen molar-refractivity contribution in [3.05, 3.63) is 40.4 Å². The third kappa shape index (κ3) is 4.23. The van der Waals surface area contributed by atoms with Crippen LogP contribution in [0.3, 0.4) is 0 Å². The lowest BCUT2D eigenvalue weighted by molar-refractivity contribution is -0.118. The first-order valence-corrected chi connectivity index (χ1v) is 9.49. The summed E-state index contributed by atoms with van der Waals surface area (Å²) in [5, 5.41) is 15.7. The summed E-state index contributed by atoms with van der Waals surface area (Å²) < 4.78 is 1.54. The SMILES string of the molecule is Cc1ccccc1-c1nc(C)c(CNC(=O)CSc2nnnn2C)s1. The molecule has 1 aromatic carbocycles. The summed E-state index contributed by atoms with van der Waals surface area (Å²) in [5.74, 6) is 0.217. The summed E-state index contributed by atoms with van der Waals surface area (Å²) in [7, 11) is 1.74. The number of benzene rings is 1. The average Bonchev–Trinajstić information content (AvgIpc) is 3.17. The van der Waals surface area contributed by atoms with E-state index in [1.54, 1.807) is 23.1 Å². The van der Waals surface area contributed by atoms with Crippen LogP contribution in [0.4, 0.5) is 0 Å². The molecule has 0 aliphatic heterocycles. The number of thioether (sulfide) groups is 1. The molecule has 0 spiro atoms. The normalized spacial score (nSPS) is 10.8. The van der Waals surface area contributed by atoms with Crippen LogP contribution in [0, 0.1) is 13.8 Å². The zero-order chi connectivity index (χ0) is 17.8. The minimum Gasteiger partial charge on any atom is -0.350 e. The fourth-order valence-electron chi connectivity index (χ4n) is 2.22. The second-order valence-corrected chi connectivity index (χ2v) is 7.52. The van der Waals surface area contributed by atoms with Gasteiger partial charge in [-0.05, 0) is 29.8 Å². The minimum absolute atomic E-state index is 0.0572. The highest BCUT2D eigenvalue weighted by Crippen LogP contribution is 2.30. The summed E-state index contributed by atoms with van der Waals surface area (Å²) in [4.78, 5) is 17.8. The van der Waals surface area contributed by atoms with Gasteiger partial charge >= 0.3 is 0 Å². The molecular weight excluding hydrogens is 356 g/mol. The third-order valence-corrected chi connectivity index (χ3v) is 5.83. The van der Waals surface area contributed by atoms with Gasteiger partial charge in [-0.15, -0.1) is 16.4 Å². The quantitative estimate of drug-likeness (QED) is 0.667. The summed E-state index contributed by atoms with van der Waals surface area (Å²) in [6, 6.07) is 8.18. The van der Waals surface area contributed by atoms with E-state index in [0.29, 0.717) is 11.7 Å². The Morgan fingerprint density at radius 2 is 2.12 bits per heavy atom. The molecule has 7 nitrogen and oxygen atoms in total. The van der Waals surface area contributed by atoms with Crippen LogP contribution in [0.5, 0.6) is 0 Å². The minimum atomic E-state index is -0.0572. The number of tetrazole rings is 1. The van der Waals surface area contributed by atoms with Crippen LogP contribution in [0.15, 0.2) is 29.4 Å². The molecule has 1 N–H and O–H groups in total. The Hall–Kier alpha value is -2.26. The van der Waals surface area contributed by atoms with Gasteiger partial charge in [0.15, 0.2) is 0 Å². The number of carbonyl (C=O) groups excluding carboxylic acids is 1. The molecule has 2 aromatic heterocycles. The smallest absolute Gasteiger partial charge is 0.230 e. The van der Waals surface area contributed by atoms with E-state index in [1.807, 2.05) is 19.1 Å². The van der Waals surface area contributed by atoms with E-state index in [9.17, 15) is 4.79 Å². The van der Waals surface area contributed by atoms with Crippen molar-refractivity contribution in [1.29, 1.82) is 0 Å². The first-order valence-electron chi connectivity index (χ1n) is 7.68. The monoisotopic (exact) mass is 374 g/mol. The average molecular weight is 374 g/mol. The molecule has 0 saturated carbocycles. The van der Waals surface area contributed by atoms with Gasteiger partial charge in [0.05, 0.1) is 18.0 Å². The topological polar surface area (TPSA) is 85.6 Å². The van der Waals surface area contributed by atoms with E-state index in [2.05, 4.69) is 44.9 Å². The zero-order valence-electron chi connectivity index (χ0n) is 14.2. The van der Waals surface area contributed by atoms with E-state index in [4.69, 9.17) is 0 Å². The van der Waals surface area contributed by atoms with Crippen LogP contribution in [-0.4, -0.2) is 36.9 Å². The number of amides is 1. The van der Waals surface area contributed by atoms with Gasteiger partial charge in [-0.3, -0.25) is 4.79 Å². The molecule has 0 atom stereocenters. The highest BCUT2D eigenvalue weighted by Gasteiger charge is 2.13. The Labute approximate surface area is 153 Å². The van der Waals surface area contributed by atoms with Gasteiger partial charge in [0.1, 0.15) is 5.01 Å². The molecule has 0 unspecified atom stereocenters. The van der Waals surface area contributed by atoms with E-state index in [0.717, 1.165) is 21.1 Å². The van der Waals surface area contributed by atoms with Crippen molar-refractivity contribution in [1.82, 2.24) is 30.5 Å². The Kier molecular flexibility index (Phi) is 5.44. The molecule has 3 aromatic rings. The van der Waals surface area contributed by atoms with Gasteiger partial charge in [-0.1, -0.05) is 36.0 Å². The Morgan fingerprint density at radius 1 is 1.32 bits per heavy atom. The maximum absolute atomic E-state index is 12.0. The first-order chi connectivity index (χ1) is 12.0. The van der Waals surface area contributed by atoms with E-state index in [1.165, 1.54) is 17.3 Å². The third-order valence-electron chi connectivity index (χ3n) is 3.63. The van der Waals surface area contributed by atoms with Crippen molar-refractivity contribution >= 4 is 29.0 Å². The van der Waals surface area contributed by atoms with Crippen molar-refractivity contribution in [2.24, 2.45) is 7.05 Å². The number of aryl methyl sites for hydroxylation is 3. The van der Waals surface area contributed by atoms with Gasteiger partial charge in [0, 0.05) is 17.5 Å². The van der Waals surface area contributed by atoms with Gasteiger partial charge in [0.2, 0.25) is 11.1 Å². The second kappa shape index (κ2) is 7.75. The molecule has 1 amide bonds. The molecule has 2 heterocycles. The van der Waals surface area contributed by atoms with Crippen LogP contribution in [-0.2, 0) is 18.4 Å². The molecule has 0 radical (unpaired) electrons. The molecule has 0 aliphatic rings. The molecular formula is C16H18N6OS2. The predicted molar refractivity (Wildman–Crippen MR) is 98.4 cm³/mol. The van der Waals surface area contributed by atoms with Crippen LogP contribution in [0.2, 0.25) is 0 Å². The number of thiazole rings is 1. The molecule has 130 valence electrons. The van der Waals surface area contributed by atoms with Crippen molar-refractivity contribution in [3.63, 3.8) is 0 Å². The molecule has 0 saturated heterocycles. The molecule has 9 heteroatoms. The fraction of sp³-hybridized carbons (Fsp3) is 0.312. The molecule has 3 rings (SSSR count). The summed E-state index contributed by atoms with van der Waals surface area (Å²) in [5.41, 5.74) is 3.28. The van der Waals surface area contributed by atoms with Crippen LogP contribution in [0.1, 0.15) is 16.1 Å². The van der Waals surface area contributed by atoms with Crippen molar-refractivity contribution < 1.29 is 4.79 Å². The number of hydrogen-bond acceptors (Lipinski definition) is 7. The van der Waals surface area contributed by atoms with Gasteiger partial charge < -0.3 is 5.32 Å². The van der Waals surface area contributed by atoms with Crippen molar-refractivity contribution in [2.75, 3.05) is 5.75 Å². The van der Waals surface area contributed by atoms with E-state index in [-0.39, 0.29) is 11.7 Å². The lowest BCUT2D eigenvalue weighted by atomic mass is 10.1. The Balaban J connectivity index is 1.59. The van der Waals surface area contributed by atoms with Crippen LogP contribution >= 0.6 is 23.1 Å². The van der Waals surface area contributed by atoms with Gasteiger partial charge in [0.25, 0.3) is 0 Å². The standard InChI is InChI=1S/C16H18N6OS2/c1-10-6-4-5-7-12(10)15-18-11(2)13(25-15)8-17-14(23)9-24-16-19-20-21-22(16)3/h4-7H,8-9H2,1-3H3,(H,17,23). The maximum Gasteiger partial charge on any atom is 0.230 e.